The fourth-order valence-corrected chi connectivity index (χ4v) is 3.11. The van der Waals surface area contributed by atoms with E-state index >= 15 is 0 Å². The van der Waals surface area contributed by atoms with Crippen LogP contribution >= 0.6 is 11.8 Å². The normalized spacial score (nSPS) is 15.8. The molecule has 1 amide bonds. The van der Waals surface area contributed by atoms with Crippen LogP contribution in [0.5, 0.6) is 0 Å². The molecule has 1 aromatic rings. The molecule has 0 atom stereocenters. The smallest absolute Gasteiger partial charge is 0.292 e. The largest absolute Gasteiger partial charge is 0.320 e. The van der Waals surface area contributed by atoms with Crippen molar-refractivity contribution in [3.8, 4) is 0 Å². The molecule has 7 heteroatoms. The number of anilines is 1. The minimum Gasteiger partial charge on any atom is -0.320 e. The van der Waals surface area contributed by atoms with Crippen LogP contribution in [-0.4, -0.2) is 34.9 Å². The SMILES string of the molecule is O=C(CSC1CCNCC1)Nc1ccccc1[N+](=O)[O-]. The van der Waals surface area contributed by atoms with Crippen LogP contribution in [0.15, 0.2) is 24.3 Å². The highest BCUT2D eigenvalue weighted by Gasteiger charge is 2.17. The molecule has 1 saturated heterocycles. The second-order valence-electron chi connectivity index (χ2n) is 4.58. The molecule has 1 aliphatic rings. The zero-order valence-corrected chi connectivity index (χ0v) is 11.8. The maximum Gasteiger partial charge on any atom is 0.292 e. The van der Waals surface area contributed by atoms with Crippen molar-refractivity contribution in [2.75, 3.05) is 24.2 Å². The van der Waals surface area contributed by atoms with Crippen molar-refractivity contribution < 1.29 is 9.72 Å². The van der Waals surface area contributed by atoms with Crippen molar-refractivity contribution in [3.05, 3.63) is 34.4 Å². The van der Waals surface area contributed by atoms with Gasteiger partial charge in [-0.3, -0.25) is 14.9 Å². The summed E-state index contributed by atoms with van der Waals surface area (Å²) in [7, 11) is 0. The van der Waals surface area contributed by atoms with Crippen molar-refractivity contribution in [3.63, 3.8) is 0 Å². The summed E-state index contributed by atoms with van der Waals surface area (Å²) in [5, 5.41) is 17.2. The standard InChI is InChI=1S/C13H17N3O3S/c17-13(9-20-10-5-7-14-8-6-10)15-11-3-1-2-4-12(11)16(18)19/h1-4,10,14H,5-9H2,(H,15,17). The number of thioether (sulfide) groups is 1. The van der Waals surface area contributed by atoms with E-state index in [4.69, 9.17) is 0 Å². The average molecular weight is 295 g/mol. The van der Waals surface area contributed by atoms with Gasteiger partial charge in [-0.05, 0) is 32.0 Å². The molecule has 1 aromatic carbocycles. The molecule has 1 aliphatic heterocycles. The Morgan fingerprint density at radius 3 is 2.80 bits per heavy atom. The van der Waals surface area contributed by atoms with E-state index in [0.717, 1.165) is 25.9 Å². The summed E-state index contributed by atoms with van der Waals surface area (Å²) >= 11 is 1.62. The summed E-state index contributed by atoms with van der Waals surface area (Å²) in [6.07, 6.45) is 2.12. The molecule has 1 fully saturated rings. The quantitative estimate of drug-likeness (QED) is 0.641. The Balaban J connectivity index is 1.86. The van der Waals surface area contributed by atoms with E-state index in [9.17, 15) is 14.9 Å². The first-order chi connectivity index (χ1) is 9.66. The highest BCUT2D eigenvalue weighted by Crippen LogP contribution is 2.24. The highest BCUT2D eigenvalue weighted by molar-refractivity contribution is 8.00. The number of rotatable bonds is 5. The molecule has 2 N–H and O–H groups in total. The van der Waals surface area contributed by atoms with E-state index in [1.54, 1.807) is 30.0 Å². The van der Waals surface area contributed by atoms with Crippen molar-refractivity contribution in [2.24, 2.45) is 0 Å². The summed E-state index contributed by atoms with van der Waals surface area (Å²) in [4.78, 5) is 22.2. The molecular weight excluding hydrogens is 278 g/mol. The molecule has 0 unspecified atom stereocenters. The number of benzene rings is 1. The van der Waals surface area contributed by atoms with Gasteiger partial charge >= 0.3 is 0 Å². The van der Waals surface area contributed by atoms with Gasteiger partial charge in [0.15, 0.2) is 0 Å². The van der Waals surface area contributed by atoms with Crippen LogP contribution in [0, 0.1) is 10.1 Å². The van der Waals surface area contributed by atoms with Crippen molar-refractivity contribution in [1.29, 1.82) is 0 Å². The first-order valence-corrected chi connectivity index (χ1v) is 7.57. The van der Waals surface area contributed by atoms with Gasteiger partial charge in [-0.2, -0.15) is 0 Å². The van der Waals surface area contributed by atoms with Crippen LogP contribution in [0.3, 0.4) is 0 Å². The Morgan fingerprint density at radius 1 is 1.40 bits per heavy atom. The maximum absolute atomic E-state index is 11.9. The molecule has 2 rings (SSSR count). The molecule has 0 radical (unpaired) electrons. The van der Waals surface area contributed by atoms with Crippen molar-refractivity contribution in [2.45, 2.75) is 18.1 Å². The molecule has 1 heterocycles. The topological polar surface area (TPSA) is 84.3 Å². The third kappa shape index (κ3) is 4.21. The van der Waals surface area contributed by atoms with Crippen LogP contribution < -0.4 is 10.6 Å². The number of para-hydroxylation sites is 2. The van der Waals surface area contributed by atoms with E-state index in [-0.39, 0.29) is 17.3 Å². The Kier molecular flexibility index (Phi) is 5.37. The lowest BCUT2D eigenvalue weighted by Crippen LogP contribution is -2.30. The molecule has 0 saturated carbocycles. The van der Waals surface area contributed by atoms with Gasteiger partial charge in [-0.15, -0.1) is 11.8 Å². The number of hydrogen-bond acceptors (Lipinski definition) is 5. The highest BCUT2D eigenvalue weighted by atomic mass is 32.2. The maximum atomic E-state index is 11.9. The Labute approximate surface area is 121 Å². The van der Waals surface area contributed by atoms with Crippen LogP contribution in [-0.2, 0) is 4.79 Å². The number of piperidine rings is 1. The zero-order valence-electron chi connectivity index (χ0n) is 11.0. The van der Waals surface area contributed by atoms with Gasteiger partial charge in [0.05, 0.1) is 10.7 Å². The zero-order chi connectivity index (χ0) is 14.4. The van der Waals surface area contributed by atoms with Gasteiger partial charge in [-0.25, -0.2) is 0 Å². The number of hydrogen-bond donors (Lipinski definition) is 2. The summed E-state index contributed by atoms with van der Waals surface area (Å²) in [6.45, 7) is 1.98. The number of nitrogens with zero attached hydrogens (tertiary/aromatic N) is 1. The third-order valence-electron chi connectivity index (χ3n) is 3.11. The summed E-state index contributed by atoms with van der Waals surface area (Å²) in [6, 6.07) is 6.18. The fraction of sp³-hybridized carbons (Fsp3) is 0.462. The summed E-state index contributed by atoms with van der Waals surface area (Å²) in [5.41, 5.74) is 0.182. The van der Waals surface area contributed by atoms with E-state index in [1.165, 1.54) is 6.07 Å². The number of nitrogens with one attached hydrogen (secondary N) is 2. The third-order valence-corrected chi connectivity index (χ3v) is 4.48. The van der Waals surface area contributed by atoms with Gasteiger partial charge in [0.2, 0.25) is 5.91 Å². The Morgan fingerprint density at radius 2 is 2.10 bits per heavy atom. The summed E-state index contributed by atoms with van der Waals surface area (Å²) in [5.74, 6) is 0.138. The second-order valence-corrected chi connectivity index (χ2v) is 5.87. The van der Waals surface area contributed by atoms with E-state index < -0.39 is 4.92 Å². The first kappa shape index (κ1) is 14.8. The molecule has 0 bridgehead atoms. The Bertz CT molecular complexity index is 490. The molecule has 0 aliphatic carbocycles. The van der Waals surface area contributed by atoms with Gasteiger partial charge in [-0.1, -0.05) is 12.1 Å². The minimum atomic E-state index is -0.491. The van der Waals surface area contributed by atoms with Gasteiger partial charge < -0.3 is 10.6 Å². The van der Waals surface area contributed by atoms with Gasteiger partial charge in [0, 0.05) is 11.3 Å². The van der Waals surface area contributed by atoms with Crippen LogP contribution in [0.2, 0.25) is 0 Å². The molecule has 108 valence electrons. The van der Waals surface area contributed by atoms with Crippen molar-refractivity contribution in [1.82, 2.24) is 5.32 Å². The van der Waals surface area contributed by atoms with Gasteiger partial charge in [0.1, 0.15) is 5.69 Å². The fourth-order valence-electron chi connectivity index (χ4n) is 2.08. The van der Waals surface area contributed by atoms with Crippen molar-refractivity contribution >= 4 is 29.0 Å². The number of amides is 1. The van der Waals surface area contributed by atoms with E-state index in [1.807, 2.05) is 0 Å². The van der Waals surface area contributed by atoms with Crippen LogP contribution in [0.1, 0.15) is 12.8 Å². The molecule has 20 heavy (non-hydrogen) atoms. The molecular formula is C13H17N3O3S. The lowest BCUT2D eigenvalue weighted by Gasteiger charge is -2.21. The minimum absolute atomic E-state index is 0.0762. The number of nitro benzene ring substituents is 1. The van der Waals surface area contributed by atoms with E-state index in [0.29, 0.717) is 11.0 Å². The lowest BCUT2D eigenvalue weighted by molar-refractivity contribution is -0.383. The monoisotopic (exact) mass is 295 g/mol. The average Bonchev–Trinajstić information content (AvgIpc) is 2.46. The lowest BCUT2D eigenvalue weighted by atomic mass is 10.2. The second kappa shape index (κ2) is 7.25. The number of carbonyl (C=O) groups excluding carboxylic acids is 1. The predicted molar refractivity (Wildman–Crippen MR) is 80.1 cm³/mol. The first-order valence-electron chi connectivity index (χ1n) is 6.52. The summed E-state index contributed by atoms with van der Waals surface area (Å²) < 4.78 is 0. The van der Waals surface area contributed by atoms with Gasteiger partial charge in [0.25, 0.3) is 5.69 Å². The molecule has 0 aromatic heterocycles. The van der Waals surface area contributed by atoms with Crippen LogP contribution in [0.4, 0.5) is 11.4 Å². The number of nitro groups is 1. The molecule has 6 nitrogen and oxygen atoms in total. The van der Waals surface area contributed by atoms with E-state index in [2.05, 4.69) is 10.6 Å². The predicted octanol–water partition coefficient (Wildman–Crippen LogP) is 2.02. The molecule has 0 spiro atoms. The Hall–Kier alpha value is -1.60. The van der Waals surface area contributed by atoms with Crippen LogP contribution in [0.25, 0.3) is 0 Å². The number of carbonyl (C=O) groups is 1.